The molecule has 0 unspecified atom stereocenters. The molecule has 0 aliphatic carbocycles. The number of benzene rings is 2. The lowest BCUT2D eigenvalue weighted by Crippen LogP contribution is -2.29. The van der Waals surface area contributed by atoms with Gasteiger partial charge in [0.15, 0.2) is 0 Å². The Morgan fingerprint density at radius 2 is 1.74 bits per heavy atom. The molecule has 0 bridgehead atoms. The second kappa shape index (κ2) is 7.63. The molecule has 2 aromatic rings. The molecule has 3 rings (SSSR count). The van der Waals surface area contributed by atoms with Gasteiger partial charge in [-0.3, -0.25) is 14.5 Å². The van der Waals surface area contributed by atoms with Crippen LogP contribution in [0.15, 0.2) is 54.1 Å². The van der Waals surface area contributed by atoms with Crippen LogP contribution in [0.3, 0.4) is 0 Å². The first-order chi connectivity index (χ1) is 12.9. The molecule has 1 aliphatic heterocycles. The van der Waals surface area contributed by atoms with Gasteiger partial charge in [-0.15, -0.1) is 0 Å². The Balaban J connectivity index is 1.85. The van der Waals surface area contributed by atoms with Crippen molar-refractivity contribution in [2.75, 3.05) is 13.7 Å². The average Bonchev–Trinajstić information content (AvgIpc) is 2.91. The molecule has 1 aliphatic rings. The second-order valence-corrected chi connectivity index (χ2v) is 6.40. The summed E-state index contributed by atoms with van der Waals surface area (Å²) < 4.78 is 10.2. The number of nitrogens with zero attached hydrogens (tertiary/aromatic N) is 1. The van der Waals surface area contributed by atoms with Gasteiger partial charge in [0, 0.05) is 5.03 Å². The monoisotopic (exact) mass is 385 g/mol. The highest BCUT2D eigenvalue weighted by Crippen LogP contribution is 2.26. The van der Waals surface area contributed by atoms with Crippen LogP contribution in [0.4, 0.5) is 0 Å². The summed E-state index contributed by atoms with van der Waals surface area (Å²) in [4.78, 5) is 38.4. The van der Waals surface area contributed by atoms with Gasteiger partial charge >= 0.3 is 5.97 Å². The van der Waals surface area contributed by atoms with Crippen LogP contribution in [-0.4, -0.2) is 36.4 Å². The summed E-state index contributed by atoms with van der Waals surface area (Å²) in [6.45, 7) is 3.35. The zero-order chi connectivity index (χ0) is 19.6. The fourth-order valence-corrected chi connectivity index (χ4v) is 2.85. The quantitative estimate of drug-likeness (QED) is 0.563. The minimum Gasteiger partial charge on any atom is -0.496 e. The molecule has 138 valence electrons. The molecule has 0 spiro atoms. The lowest BCUT2D eigenvalue weighted by atomic mass is 10.1. The van der Waals surface area contributed by atoms with Gasteiger partial charge in [0.1, 0.15) is 17.9 Å². The SMILES string of the molecule is C=C(Cl)COC(=O)c1cc(CN2C(=O)c3ccccc3C2=O)ccc1OC. The standard InChI is InChI=1S/C20H16ClNO5/c1-12(21)11-27-20(25)16-9-13(7-8-17(16)26-2)10-22-18(23)14-5-3-4-6-15(14)19(22)24/h3-9H,1,10-11H2,2H3. The van der Waals surface area contributed by atoms with Gasteiger partial charge in [-0.2, -0.15) is 0 Å². The third-order valence-corrected chi connectivity index (χ3v) is 4.17. The Hall–Kier alpha value is -3.12. The van der Waals surface area contributed by atoms with Crippen molar-refractivity contribution in [3.63, 3.8) is 0 Å². The van der Waals surface area contributed by atoms with E-state index >= 15 is 0 Å². The van der Waals surface area contributed by atoms with Crippen LogP contribution < -0.4 is 4.74 Å². The highest BCUT2D eigenvalue weighted by molar-refractivity contribution is 6.29. The van der Waals surface area contributed by atoms with Gasteiger partial charge < -0.3 is 9.47 Å². The van der Waals surface area contributed by atoms with Crippen LogP contribution in [0, 0.1) is 0 Å². The first kappa shape index (κ1) is 18.7. The van der Waals surface area contributed by atoms with E-state index in [0.29, 0.717) is 22.4 Å². The van der Waals surface area contributed by atoms with Crippen molar-refractivity contribution in [3.8, 4) is 5.75 Å². The number of esters is 1. The molecule has 0 aromatic heterocycles. The lowest BCUT2D eigenvalue weighted by molar-refractivity contribution is 0.0542. The minimum absolute atomic E-state index is 0.0266. The number of imide groups is 1. The predicted octanol–water partition coefficient (Wildman–Crippen LogP) is 3.40. The molecule has 0 saturated carbocycles. The molecule has 27 heavy (non-hydrogen) atoms. The number of halogens is 1. The van der Waals surface area contributed by atoms with Crippen molar-refractivity contribution in [2.24, 2.45) is 0 Å². The molecule has 0 N–H and O–H groups in total. The molecule has 6 nitrogen and oxygen atoms in total. The fraction of sp³-hybridized carbons (Fsp3) is 0.150. The van der Waals surface area contributed by atoms with Crippen LogP contribution in [0.5, 0.6) is 5.75 Å². The van der Waals surface area contributed by atoms with Crippen LogP contribution in [0.25, 0.3) is 0 Å². The third-order valence-electron chi connectivity index (χ3n) is 4.06. The number of rotatable bonds is 6. The first-order valence-electron chi connectivity index (χ1n) is 8.05. The van der Waals surface area contributed by atoms with E-state index in [-0.39, 0.29) is 35.6 Å². The number of hydrogen-bond donors (Lipinski definition) is 0. The molecule has 0 radical (unpaired) electrons. The van der Waals surface area contributed by atoms with Crippen molar-refractivity contribution < 1.29 is 23.9 Å². The normalized spacial score (nSPS) is 12.7. The fourth-order valence-electron chi connectivity index (χ4n) is 2.80. The van der Waals surface area contributed by atoms with Gasteiger partial charge in [-0.1, -0.05) is 36.4 Å². The Labute approximate surface area is 160 Å². The Morgan fingerprint density at radius 1 is 1.11 bits per heavy atom. The number of amides is 2. The third kappa shape index (κ3) is 3.71. The van der Waals surface area contributed by atoms with E-state index in [1.807, 2.05) is 0 Å². The summed E-state index contributed by atoms with van der Waals surface area (Å²) in [5.41, 5.74) is 1.50. The van der Waals surface area contributed by atoms with Crippen molar-refractivity contribution in [1.82, 2.24) is 4.90 Å². The van der Waals surface area contributed by atoms with Gasteiger partial charge in [0.25, 0.3) is 11.8 Å². The second-order valence-electron chi connectivity index (χ2n) is 5.87. The van der Waals surface area contributed by atoms with Crippen molar-refractivity contribution in [2.45, 2.75) is 6.54 Å². The molecule has 1 heterocycles. The maximum Gasteiger partial charge on any atom is 0.342 e. The smallest absolute Gasteiger partial charge is 0.342 e. The largest absolute Gasteiger partial charge is 0.496 e. The summed E-state index contributed by atoms with van der Waals surface area (Å²) in [5.74, 6) is -1.06. The highest BCUT2D eigenvalue weighted by atomic mass is 35.5. The van der Waals surface area contributed by atoms with Crippen molar-refractivity contribution in [3.05, 3.63) is 76.3 Å². The van der Waals surface area contributed by atoms with E-state index in [1.54, 1.807) is 36.4 Å². The number of methoxy groups -OCH3 is 1. The molecule has 2 amide bonds. The number of carbonyl (C=O) groups excluding carboxylic acids is 3. The topological polar surface area (TPSA) is 72.9 Å². The van der Waals surface area contributed by atoms with Gasteiger partial charge in [-0.05, 0) is 29.8 Å². The summed E-state index contributed by atoms with van der Waals surface area (Å²) in [5, 5.41) is 0.185. The first-order valence-corrected chi connectivity index (χ1v) is 8.42. The highest BCUT2D eigenvalue weighted by Gasteiger charge is 2.35. The van der Waals surface area contributed by atoms with Crippen LogP contribution in [0.2, 0.25) is 0 Å². The number of ether oxygens (including phenoxy) is 2. The molecule has 0 fully saturated rings. The molecule has 7 heteroatoms. The minimum atomic E-state index is -0.641. The Bertz CT molecular complexity index is 918. The van der Waals surface area contributed by atoms with E-state index < -0.39 is 5.97 Å². The van der Waals surface area contributed by atoms with Crippen LogP contribution >= 0.6 is 11.6 Å². The Kier molecular flexibility index (Phi) is 5.28. The zero-order valence-corrected chi connectivity index (χ0v) is 15.3. The molecule has 0 saturated heterocycles. The molecule has 0 atom stereocenters. The van der Waals surface area contributed by atoms with Crippen LogP contribution in [-0.2, 0) is 11.3 Å². The van der Waals surface area contributed by atoms with Crippen molar-refractivity contribution >= 4 is 29.4 Å². The van der Waals surface area contributed by atoms with Gasteiger partial charge in [0.2, 0.25) is 0 Å². The lowest BCUT2D eigenvalue weighted by Gasteiger charge is -2.15. The van der Waals surface area contributed by atoms with Gasteiger partial charge in [-0.25, -0.2) is 4.79 Å². The van der Waals surface area contributed by atoms with Gasteiger partial charge in [0.05, 0.1) is 24.8 Å². The Morgan fingerprint density at radius 3 is 2.30 bits per heavy atom. The maximum atomic E-state index is 12.5. The number of fused-ring (bicyclic) bond motifs is 1. The summed E-state index contributed by atoms with van der Waals surface area (Å²) >= 11 is 5.62. The van der Waals surface area contributed by atoms with Crippen molar-refractivity contribution in [1.29, 1.82) is 0 Å². The summed E-state index contributed by atoms with van der Waals surface area (Å²) in [6, 6.07) is 11.4. The summed E-state index contributed by atoms with van der Waals surface area (Å²) in [7, 11) is 1.43. The zero-order valence-electron chi connectivity index (χ0n) is 14.5. The number of carbonyl (C=O) groups is 3. The molecular weight excluding hydrogens is 370 g/mol. The van der Waals surface area contributed by atoms with E-state index in [0.717, 1.165) is 4.90 Å². The van der Waals surface area contributed by atoms with E-state index in [2.05, 4.69) is 6.58 Å². The molecule has 2 aromatic carbocycles. The average molecular weight is 386 g/mol. The molecular formula is C20H16ClNO5. The number of hydrogen-bond acceptors (Lipinski definition) is 5. The summed E-state index contributed by atoms with van der Waals surface area (Å²) in [6.07, 6.45) is 0. The predicted molar refractivity (Wildman–Crippen MR) is 98.9 cm³/mol. The van der Waals surface area contributed by atoms with E-state index in [4.69, 9.17) is 21.1 Å². The maximum absolute atomic E-state index is 12.5. The van der Waals surface area contributed by atoms with E-state index in [1.165, 1.54) is 13.2 Å². The van der Waals surface area contributed by atoms with E-state index in [9.17, 15) is 14.4 Å². The van der Waals surface area contributed by atoms with Crippen LogP contribution in [0.1, 0.15) is 36.6 Å².